The molecule has 9 heteroatoms. The zero-order valence-corrected chi connectivity index (χ0v) is 10.3. The number of hydrogen-bond donors (Lipinski definition) is 0. The first-order chi connectivity index (χ1) is 8.84. The minimum Gasteiger partial charge on any atom is -0.273 e. The van der Waals surface area contributed by atoms with Crippen LogP contribution >= 0.6 is 0 Å². The number of hydrogen-bond acceptors (Lipinski definition) is 6. The summed E-state index contributed by atoms with van der Waals surface area (Å²) in [5, 5.41) is 10.5. The second-order valence-electron chi connectivity index (χ2n) is 3.81. The summed E-state index contributed by atoms with van der Waals surface area (Å²) in [6.07, 6.45) is -0.296. The Kier molecular flexibility index (Phi) is 3.06. The Morgan fingerprint density at radius 1 is 1.05 bits per heavy atom. The van der Waals surface area contributed by atoms with Crippen LogP contribution in [0.2, 0.25) is 0 Å². The van der Waals surface area contributed by atoms with Crippen LogP contribution in [0.25, 0.3) is 0 Å². The molecule has 1 aliphatic heterocycles. The van der Waals surface area contributed by atoms with Crippen molar-refractivity contribution in [3.8, 4) is 0 Å². The lowest BCUT2D eigenvalue weighted by molar-refractivity contribution is -0.384. The summed E-state index contributed by atoms with van der Waals surface area (Å²) in [5.41, 5.74) is -0.280. The van der Waals surface area contributed by atoms with Crippen molar-refractivity contribution >= 4 is 27.5 Å². The predicted octanol–water partition coefficient (Wildman–Crippen LogP) is 0.432. The van der Waals surface area contributed by atoms with Gasteiger partial charge in [0.2, 0.25) is 11.8 Å². The molecule has 100 valence electrons. The molecule has 0 saturated carbocycles. The zero-order valence-electron chi connectivity index (χ0n) is 9.48. The molecule has 19 heavy (non-hydrogen) atoms. The largest absolute Gasteiger partial charge is 0.273 e. The summed E-state index contributed by atoms with van der Waals surface area (Å²) in [6.45, 7) is 0. The van der Waals surface area contributed by atoms with Crippen molar-refractivity contribution in [3.05, 3.63) is 34.4 Å². The van der Waals surface area contributed by atoms with E-state index >= 15 is 0 Å². The zero-order chi connectivity index (χ0) is 14.2. The number of nitro groups is 1. The molecule has 0 spiro atoms. The number of imide groups is 1. The first kappa shape index (κ1) is 13.1. The third-order valence-corrected chi connectivity index (χ3v) is 4.35. The molecule has 8 nitrogen and oxygen atoms in total. The molecule has 0 unspecified atom stereocenters. The quantitative estimate of drug-likeness (QED) is 0.451. The summed E-state index contributed by atoms with van der Waals surface area (Å²) in [5.74, 6) is -1.58. The predicted molar refractivity (Wildman–Crippen MR) is 61.4 cm³/mol. The van der Waals surface area contributed by atoms with E-state index < -0.39 is 26.8 Å². The maximum Gasteiger partial charge on any atom is 0.273 e. The lowest BCUT2D eigenvalue weighted by Crippen LogP contribution is -2.35. The first-order valence-electron chi connectivity index (χ1n) is 5.19. The standard InChI is InChI=1S/C10H8N2O6S/c13-9-5-6-10(14)11(9)19(17,18)8-3-1-7(2-4-8)12(15)16/h1-4H,5-6H2. The van der Waals surface area contributed by atoms with Crippen LogP contribution in [0.1, 0.15) is 12.8 Å². The molecule has 1 aromatic carbocycles. The average molecular weight is 284 g/mol. The van der Waals surface area contributed by atoms with E-state index in [1.807, 2.05) is 0 Å². The molecule has 1 aliphatic rings. The van der Waals surface area contributed by atoms with Gasteiger partial charge >= 0.3 is 0 Å². The van der Waals surface area contributed by atoms with Gasteiger partial charge in [-0.15, -0.1) is 0 Å². The number of carbonyl (C=O) groups is 2. The summed E-state index contributed by atoms with van der Waals surface area (Å²) in [6, 6.07) is 3.98. The van der Waals surface area contributed by atoms with E-state index in [2.05, 4.69) is 0 Å². The third-order valence-electron chi connectivity index (χ3n) is 2.59. The summed E-state index contributed by atoms with van der Waals surface area (Å²) in [4.78, 5) is 32.2. The highest BCUT2D eigenvalue weighted by Crippen LogP contribution is 2.24. The summed E-state index contributed by atoms with van der Waals surface area (Å²) in [7, 11) is -4.27. The van der Waals surface area contributed by atoms with Crippen molar-refractivity contribution in [1.82, 2.24) is 4.31 Å². The van der Waals surface area contributed by atoms with Crippen LogP contribution in [-0.4, -0.2) is 29.5 Å². The highest BCUT2D eigenvalue weighted by molar-refractivity contribution is 7.90. The van der Waals surface area contributed by atoms with Gasteiger partial charge in [-0.3, -0.25) is 19.7 Å². The molecule has 0 atom stereocenters. The van der Waals surface area contributed by atoms with Crippen LogP contribution in [0.15, 0.2) is 29.2 Å². The van der Waals surface area contributed by atoms with E-state index in [-0.39, 0.29) is 27.7 Å². The molecular weight excluding hydrogens is 276 g/mol. The lowest BCUT2D eigenvalue weighted by Gasteiger charge is -2.13. The lowest BCUT2D eigenvalue weighted by atomic mass is 10.3. The molecule has 0 aromatic heterocycles. The molecule has 0 N–H and O–H groups in total. The van der Waals surface area contributed by atoms with Gasteiger partial charge in [-0.2, -0.15) is 4.31 Å². The number of rotatable bonds is 3. The van der Waals surface area contributed by atoms with Gasteiger partial charge in [-0.05, 0) is 12.1 Å². The van der Waals surface area contributed by atoms with Crippen molar-refractivity contribution in [2.45, 2.75) is 17.7 Å². The fourth-order valence-corrected chi connectivity index (χ4v) is 3.08. The van der Waals surface area contributed by atoms with Gasteiger partial charge in [0.1, 0.15) is 0 Å². The maximum absolute atomic E-state index is 12.1. The van der Waals surface area contributed by atoms with Crippen LogP contribution in [0.4, 0.5) is 5.69 Å². The number of nitrogens with zero attached hydrogens (tertiary/aromatic N) is 2. The van der Waals surface area contributed by atoms with Crippen molar-refractivity contribution in [1.29, 1.82) is 0 Å². The Morgan fingerprint density at radius 3 is 1.95 bits per heavy atom. The SMILES string of the molecule is O=C1CCC(=O)N1S(=O)(=O)c1ccc([N+](=O)[O-])cc1. The highest BCUT2D eigenvalue weighted by Gasteiger charge is 2.39. The Bertz CT molecular complexity index is 648. The van der Waals surface area contributed by atoms with E-state index in [0.717, 1.165) is 24.3 Å². The normalized spacial score (nSPS) is 15.9. The molecule has 0 bridgehead atoms. The summed E-state index contributed by atoms with van der Waals surface area (Å²) < 4.78 is 24.3. The number of sulfonamides is 1. The van der Waals surface area contributed by atoms with Gasteiger partial charge in [0, 0.05) is 25.0 Å². The summed E-state index contributed by atoms with van der Waals surface area (Å²) >= 11 is 0. The van der Waals surface area contributed by atoms with Crippen LogP contribution in [0, 0.1) is 10.1 Å². The van der Waals surface area contributed by atoms with E-state index in [1.165, 1.54) is 0 Å². The maximum atomic E-state index is 12.1. The van der Waals surface area contributed by atoms with E-state index in [0.29, 0.717) is 0 Å². The number of amides is 2. The number of carbonyl (C=O) groups excluding carboxylic acids is 2. The van der Waals surface area contributed by atoms with Gasteiger partial charge < -0.3 is 0 Å². The van der Waals surface area contributed by atoms with Crippen molar-refractivity contribution in [2.24, 2.45) is 0 Å². The second-order valence-corrected chi connectivity index (χ2v) is 5.59. The van der Waals surface area contributed by atoms with Crippen LogP contribution in [-0.2, 0) is 19.6 Å². The van der Waals surface area contributed by atoms with Gasteiger partial charge in [0.05, 0.1) is 9.82 Å². The molecule has 0 radical (unpaired) electrons. The van der Waals surface area contributed by atoms with E-state index in [1.54, 1.807) is 0 Å². The van der Waals surface area contributed by atoms with E-state index in [4.69, 9.17) is 0 Å². The molecule has 2 amide bonds. The molecular formula is C10H8N2O6S. The van der Waals surface area contributed by atoms with Crippen LogP contribution in [0.3, 0.4) is 0 Å². The fraction of sp³-hybridized carbons (Fsp3) is 0.200. The third kappa shape index (κ3) is 2.19. The van der Waals surface area contributed by atoms with Crippen LogP contribution in [0.5, 0.6) is 0 Å². The monoisotopic (exact) mass is 284 g/mol. The molecule has 0 aliphatic carbocycles. The highest BCUT2D eigenvalue weighted by atomic mass is 32.2. The Labute approximate surface area is 107 Å². The molecule has 1 saturated heterocycles. The number of non-ortho nitro benzene ring substituents is 1. The number of benzene rings is 1. The van der Waals surface area contributed by atoms with Crippen molar-refractivity contribution < 1.29 is 22.9 Å². The Morgan fingerprint density at radius 2 is 1.53 bits per heavy atom. The number of nitro benzene ring substituents is 1. The second kappa shape index (κ2) is 4.43. The fourth-order valence-electron chi connectivity index (χ4n) is 1.67. The average Bonchev–Trinajstić information content (AvgIpc) is 2.69. The minimum absolute atomic E-state index is 0.148. The van der Waals surface area contributed by atoms with E-state index in [9.17, 15) is 28.1 Å². The smallest absolute Gasteiger partial charge is 0.273 e. The van der Waals surface area contributed by atoms with Gasteiger partial charge in [-0.25, -0.2) is 8.42 Å². The first-order valence-corrected chi connectivity index (χ1v) is 6.63. The van der Waals surface area contributed by atoms with Crippen LogP contribution < -0.4 is 0 Å². The molecule has 1 fully saturated rings. The van der Waals surface area contributed by atoms with Gasteiger partial charge in [0.25, 0.3) is 15.7 Å². The Balaban J connectivity index is 2.42. The van der Waals surface area contributed by atoms with Crippen molar-refractivity contribution in [3.63, 3.8) is 0 Å². The van der Waals surface area contributed by atoms with Crippen molar-refractivity contribution in [2.75, 3.05) is 0 Å². The molecule has 1 heterocycles. The van der Waals surface area contributed by atoms with Gasteiger partial charge in [0.15, 0.2) is 0 Å². The topological polar surface area (TPSA) is 115 Å². The minimum atomic E-state index is -4.27. The molecule has 1 aromatic rings. The van der Waals surface area contributed by atoms with Gasteiger partial charge in [-0.1, -0.05) is 0 Å². The molecule has 2 rings (SSSR count). The Hall–Kier alpha value is -2.29.